The van der Waals surface area contributed by atoms with Crippen LogP contribution in [0, 0.1) is 0 Å². The molecule has 0 bridgehead atoms. The van der Waals surface area contributed by atoms with E-state index in [1.807, 2.05) is 0 Å². The van der Waals surface area contributed by atoms with Gasteiger partial charge in [0.2, 0.25) is 11.9 Å². The van der Waals surface area contributed by atoms with Crippen molar-refractivity contribution in [3.05, 3.63) is 12.1 Å². The Morgan fingerprint density at radius 2 is 0.743 bits per heavy atom. The second-order valence-corrected chi connectivity index (χ2v) is 5.46. The van der Waals surface area contributed by atoms with Gasteiger partial charge in [-0.3, -0.25) is 0 Å². The van der Waals surface area contributed by atoms with E-state index in [1.54, 1.807) is 28.2 Å². The summed E-state index contributed by atoms with van der Waals surface area (Å²) in [5, 5.41) is 60.3. The van der Waals surface area contributed by atoms with Crippen LogP contribution in [0.2, 0.25) is 0 Å². The van der Waals surface area contributed by atoms with Gasteiger partial charge >= 0.3 is 139 Å². The molecule has 2 rings (SSSR count). The number of aliphatic carboxylic acids is 2. The summed E-state index contributed by atoms with van der Waals surface area (Å²) in [5.74, 6) is -4.05. The van der Waals surface area contributed by atoms with E-state index in [2.05, 4.69) is 19.9 Å². The molecule has 0 atom stereocenters. The topological polar surface area (TPSA) is 231 Å². The van der Waals surface area contributed by atoms with Gasteiger partial charge in [0, 0.05) is 40.1 Å². The maximum absolute atomic E-state index is 10.6. The van der Waals surface area contributed by atoms with Crippen LogP contribution >= 0.6 is 0 Å². The van der Waals surface area contributed by atoms with Crippen LogP contribution < -0.4 is 159 Å². The molecule has 0 aliphatic heterocycles. The Bertz CT molecular complexity index is 725. The average molecular weight is 623 g/mol. The fraction of sp³-hybridized carbons (Fsp3) is 0.375. The molecule has 0 radical (unpaired) electrons. The molecule has 19 heteroatoms. The van der Waals surface area contributed by atoms with Crippen LogP contribution in [-0.4, -0.2) is 60.1 Å². The quantitative estimate of drug-likeness (QED) is 0.283. The molecule has 35 heavy (non-hydrogen) atoms. The second kappa shape index (κ2) is 29.1. The smallest absolute Gasteiger partial charge is 0.858 e. The second-order valence-electron chi connectivity index (χ2n) is 5.46. The largest absolute Gasteiger partial charge is 2.00 e. The van der Waals surface area contributed by atoms with E-state index in [-0.39, 0.29) is 151 Å². The standard InChI is InChI=1S/2C6H9N3O2.2C2H4O2.4Na.Pd/c2*1-9(2)6-7-4(10)3-5(11)8-6;2*1-2(3)4;;;;;/h2*3H,1-2H3,(H2,7,8,10,11);2*1H3,(H,3,4);;;;;/q;;;;4*+1;+2/p-6. The van der Waals surface area contributed by atoms with Crippen LogP contribution in [0.15, 0.2) is 12.1 Å². The molecular weight excluding hydrogens is 603 g/mol. The first-order valence-electron chi connectivity index (χ1n) is 7.81. The van der Waals surface area contributed by atoms with E-state index in [0.717, 1.165) is 26.0 Å². The number of anilines is 2. The van der Waals surface area contributed by atoms with Gasteiger partial charge in [0.25, 0.3) is 0 Å². The third-order valence-electron chi connectivity index (χ3n) is 2.13. The van der Waals surface area contributed by atoms with Crippen molar-refractivity contribution >= 4 is 23.8 Å². The number of carbonyl (C=O) groups excluding carboxylic acids is 2. The summed E-state index contributed by atoms with van der Waals surface area (Å²) in [5.41, 5.74) is 0. The molecule has 14 nitrogen and oxygen atoms in total. The maximum Gasteiger partial charge on any atom is 2.00 e. The summed E-state index contributed by atoms with van der Waals surface area (Å²) in [6.07, 6.45) is 0. The molecule has 0 aromatic carbocycles. The SMILES string of the molecule is CC(=O)[O-].CC(=O)[O-].CN(C)c1nc([O-])cc([O-])n1.CN(C)c1nc([O-])cc([O-])n1.[Na+].[Na+].[Na+].[Na+].[Pd+2]. The molecule has 0 unspecified atom stereocenters. The molecule has 0 aliphatic rings. The zero-order chi connectivity index (χ0) is 24.0. The number of rotatable bonds is 2. The first kappa shape index (κ1) is 52.1. The monoisotopic (exact) mass is 622 g/mol. The van der Waals surface area contributed by atoms with E-state index in [0.29, 0.717) is 0 Å². The van der Waals surface area contributed by atoms with Crippen molar-refractivity contribution < 1.29 is 179 Å². The van der Waals surface area contributed by atoms with Gasteiger partial charge in [0.1, 0.15) is 0 Å². The fourth-order valence-corrected chi connectivity index (χ4v) is 1.18. The summed E-state index contributed by atoms with van der Waals surface area (Å²) in [6.45, 7) is 1.94. The Morgan fingerprint density at radius 1 is 0.600 bits per heavy atom. The van der Waals surface area contributed by atoms with Gasteiger partial charge in [0.15, 0.2) is 0 Å². The minimum atomic E-state index is -1.08. The van der Waals surface area contributed by atoms with Crippen molar-refractivity contribution in [3.63, 3.8) is 0 Å². The number of carboxylic acids is 2. The molecule has 0 saturated heterocycles. The zero-order valence-corrected chi connectivity index (χ0v) is 31.0. The van der Waals surface area contributed by atoms with Crippen LogP contribution in [-0.2, 0) is 30.0 Å². The minimum absolute atomic E-state index is 0. The van der Waals surface area contributed by atoms with E-state index < -0.39 is 35.5 Å². The Morgan fingerprint density at radius 3 is 0.857 bits per heavy atom. The van der Waals surface area contributed by atoms with Gasteiger partial charge in [0.05, 0.1) is 0 Å². The summed E-state index contributed by atoms with van der Waals surface area (Å²) in [6, 6.07) is 1.71. The number of carboxylic acid groups (broad SMARTS) is 2. The molecule has 0 fully saturated rings. The predicted octanol–water partition coefficient (Wildman–Crippen LogP) is -17.1. The van der Waals surface area contributed by atoms with E-state index >= 15 is 0 Å². The minimum Gasteiger partial charge on any atom is -0.858 e. The van der Waals surface area contributed by atoms with Crippen LogP contribution in [0.25, 0.3) is 0 Å². The van der Waals surface area contributed by atoms with Crippen molar-refractivity contribution in [1.82, 2.24) is 19.9 Å². The average Bonchev–Trinajstić information content (AvgIpc) is 2.52. The van der Waals surface area contributed by atoms with Crippen LogP contribution in [0.5, 0.6) is 23.5 Å². The first-order chi connectivity index (χ1) is 13.6. The predicted molar refractivity (Wildman–Crippen MR) is 91.9 cm³/mol. The number of nitrogens with zero attached hydrogens (tertiary/aromatic N) is 6. The Labute approximate surface area is 305 Å². The van der Waals surface area contributed by atoms with Crippen LogP contribution in [0.1, 0.15) is 13.8 Å². The van der Waals surface area contributed by atoms with Crippen molar-refractivity contribution in [2.45, 2.75) is 13.8 Å². The fourth-order valence-electron chi connectivity index (χ4n) is 1.18. The van der Waals surface area contributed by atoms with Gasteiger partial charge < -0.3 is 50.0 Å². The van der Waals surface area contributed by atoms with Crippen molar-refractivity contribution in [3.8, 4) is 23.5 Å². The van der Waals surface area contributed by atoms with Gasteiger partial charge in [-0.15, -0.1) is 0 Å². The van der Waals surface area contributed by atoms with Crippen molar-refractivity contribution in [1.29, 1.82) is 0 Å². The van der Waals surface area contributed by atoms with Crippen LogP contribution in [0.4, 0.5) is 11.9 Å². The molecule has 0 aliphatic carbocycles. The Hall–Kier alpha value is 0.562. The number of hydrogen-bond acceptors (Lipinski definition) is 14. The Kier molecular flexibility index (Phi) is 43.3. The van der Waals surface area contributed by atoms with Gasteiger partial charge in [-0.05, 0) is 49.5 Å². The first-order valence-corrected chi connectivity index (χ1v) is 7.81. The van der Waals surface area contributed by atoms with Crippen LogP contribution in [0.3, 0.4) is 0 Å². The number of aromatic nitrogens is 4. The summed E-state index contributed by atoms with van der Waals surface area (Å²) in [4.78, 5) is 34.8. The normalized spacial score (nSPS) is 7.49. The van der Waals surface area contributed by atoms with Gasteiger partial charge in [-0.1, -0.05) is 0 Å². The molecule has 0 saturated carbocycles. The third-order valence-corrected chi connectivity index (χ3v) is 2.13. The molecule has 2 aromatic heterocycles. The van der Waals surface area contributed by atoms with E-state index in [4.69, 9.17) is 19.8 Å². The molecule has 2 aromatic rings. The van der Waals surface area contributed by atoms with Crippen molar-refractivity contribution in [2.75, 3.05) is 38.0 Å². The molecule has 176 valence electrons. The van der Waals surface area contributed by atoms with Gasteiger partial charge in [-0.25, -0.2) is 19.9 Å². The van der Waals surface area contributed by atoms with E-state index in [9.17, 15) is 20.4 Å². The zero-order valence-electron chi connectivity index (χ0n) is 21.4. The van der Waals surface area contributed by atoms with Gasteiger partial charge in [-0.2, -0.15) is 0 Å². The molecule has 0 amide bonds. The summed E-state index contributed by atoms with van der Waals surface area (Å²) < 4.78 is 0. The summed E-state index contributed by atoms with van der Waals surface area (Å²) >= 11 is 0. The number of carbonyl (C=O) groups is 2. The maximum atomic E-state index is 10.6. The van der Waals surface area contributed by atoms with E-state index in [1.165, 1.54) is 9.80 Å². The summed E-state index contributed by atoms with van der Waals surface area (Å²) in [7, 11) is 6.64. The number of hydrogen-bond donors (Lipinski definition) is 0. The third kappa shape index (κ3) is 34.6. The Balaban J connectivity index is -0.0000000622. The molecule has 2 heterocycles. The molecule has 0 N–H and O–H groups in total. The van der Waals surface area contributed by atoms with Crippen molar-refractivity contribution in [2.24, 2.45) is 0 Å². The molecular formula is C16H20N6Na4O8Pd. The molecule has 0 spiro atoms.